The largest absolute Gasteiger partial charge is 0.490 e. The summed E-state index contributed by atoms with van der Waals surface area (Å²) in [5.41, 5.74) is -0.295. The van der Waals surface area contributed by atoms with Crippen molar-refractivity contribution in [2.75, 3.05) is 25.2 Å². The SMILES string of the molecule is COc1cnc(C2CCCN2C(=O)C2CSC2)[nH]c1=O. The molecular weight excluding hydrogens is 278 g/mol. The van der Waals surface area contributed by atoms with Crippen molar-refractivity contribution < 1.29 is 9.53 Å². The molecule has 2 saturated heterocycles. The summed E-state index contributed by atoms with van der Waals surface area (Å²) in [6.45, 7) is 0.750. The number of amides is 1. The smallest absolute Gasteiger partial charge is 0.293 e. The zero-order valence-electron chi connectivity index (χ0n) is 11.3. The number of rotatable bonds is 3. The van der Waals surface area contributed by atoms with Crippen molar-refractivity contribution in [1.29, 1.82) is 0 Å². The van der Waals surface area contributed by atoms with Crippen LogP contribution in [-0.4, -0.2) is 45.9 Å². The van der Waals surface area contributed by atoms with Crippen LogP contribution in [0.3, 0.4) is 0 Å². The lowest BCUT2D eigenvalue weighted by Crippen LogP contribution is -2.41. The van der Waals surface area contributed by atoms with Crippen LogP contribution in [0.2, 0.25) is 0 Å². The Bertz CT molecular complexity index is 570. The number of ether oxygens (including phenoxy) is 1. The van der Waals surface area contributed by atoms with Gasteiger partial charge < -0.3 is 14.6 Å². The zero-order valence-corrected chi connectivity index (χ0v) is 12.1. The Balaban J connectivity index is 1.82. The van der Waals surface area contributed by atoms with Crippen molar-refractivity contribution in [3.63, 3.8) is 0 Å². The molecule has 0 spiro atoms. The van der Waals surface area contributed by atoms with Crippen molar-refractivity contribution in [1.82, 2.24) is 14.9 Å². The summed E-state index contributed by atoms with van der Waals surface area (Å²) in [4.78, 5) is 33.0. The Morgan fingerprint density at radius 3 is 2.95 bits per heavy atom. The standard InChI is InChI=1S/C13H17N3O3S/c1-19-10-5-14-11(15-12(10)17)9-3-2-4-16(9)13(18)8-6-20-7-8/h5,8-9H,2-4,6-7H2,1H3,(H,14,15,17). The minimum absolute atomic E-state index is 0.105. The topological polar surface area (TPSA) is 75.3 Å². The molecular formula is C13H17N3O3S. The van der Waals surface area contributed by atoms with Crippen molar-refractivity contribution in [3.8, 4) is 5.75 Å². The van der Waals surface area contributed by atoms with Crippen LogP contribution in [0.4, 0.5) is 0 Å². The molecule has 0 aliphatic carbocycles. The van der Waals surface area contributed by atoms with Gasteiger partial charge in [0.25, 0.3) is 5.56 Å². The minimum Gasteiger partial charge on any atom is -0.490 e. The Labute approximate surface area is 120 Å². The quantitative estimate of drug-likeness (QED) is 0.893. The number of aromatic amines is 1. The molecule has 20 heavy (non-hydrogen) atoms. The van der Waals surface area contributed by atoms with E-state index >= 15 is 0 Å². The molecule has 0 bridgehead atoms. The van der Waals surface area contributed by atoms with Crippen molar-refractivity contribution in [3.05, 3.63) is 22.4 Å². The van der Waals surface area contributed by atoms with Crippen LogP contribution in [0.15, 0.2) is 11.0 Å². The van der Waals surface area contributed by atoms with Crippen LogP contribution >= 0.6 is 11.8 Å². The van der Waals surface area contributed by atoms with Gasteiger partial charge in [0.15, 0.2) is 0 Å². The molecule has 1 amide bonds. The molecule has 3 rings (SSSR count). The highest BCUT2D eigenvalue weighted by atomic mass is 32.2. The third kappa shape index (κ3) is 2.30. The maximum atomic E-state index is 12.4. The monoisotopic (exact) mass is 295 g/mol. The molecule has 0 saturated carbocycles. The molecule has 6 nitrogen and oxygen atoms in total. The fourth-order valence-corrected chi connectivity index (χ4v) is 3.40. The molecule has 2 aliphatic heterocycles. The summed E-state index contributed by atoms with van der Waals surface area (Å²) in [7, 11) is 1.44. The fourth-order valence-electron chi connectivity index (χ4n) is 2.64. The number of H-pyrrole nitrogens is 1. The van der Waals surface area contributed by atoms with E-state index in [4.69, 9.17) is 4.74 Å². The fraction of sp³-hybridized carbons (Fsp3) is 0.615. The first kappa shape index (κ1) is 13.5. The molecule has 3 heterocycles. The van der Waals surface area contributed by atoms with E-state index in [9.17, 15) is 9.59 Å². The predicted octanol–water partition coefficient (Wildman–Crippen LogP) is 0.805. The number of nitrogens with one attached hydrogen (secondary N) is 1. The lowest BCUT2D eigenvalue weighted by Gasteiger charge is -2.31. The molecule has 1 N–H and O–H groups in total. The number of carbonyl (C=O) groups excluding carboxylic acids is 1. The summed E-state index contributed by atoms with van der Waals surface area (Å²) in [6, 6.07) is -0.105. The van der Waals surface area contributed by atoms with E-state index in [1.54, 1.807) is 11.8 Å². The number of methoxy groups -OCH3 is 1. The normalized spacial score (nSPS) is 22.6. The zero-order chi connectivity index (χ0) is 14.1. The van der Waals surface area contributed by atoms with Crippen LogP contribution in [0, 0.1) is 5.92 Å². The van der Waals surface area contributed by atoms with E-state index in [-0.39, 0.29) is 29.2 Å². The van der Waals surface area contributed by atoms with Gasteiger partial charge in [-0.2, -0.15) is 11.8 Å². The maximum absolute atomic E-state index is 12.4. The van der Waals surface area contributed by atoms with Gasteiger partial charge in [0.05, 0.1) is 25.3 Å². The molecule has 1 aromatic rings. The molecule has 2 aliphatic rings. The highest BCUT2D eigenvalue weighted by Gasteiger charge is 2.37. The van der Waals surface area contributed by atoms with Crippen LogP contribution < -0.4 is 10.3 Å². The number of hydrogen-bond donors (Lipinski definition) is 1. The molecule has 1 aromatic heterocycles. The van der Waals surface area contributed by atoms with E-state index < -0.39 is 0 Å². The van der Waals surface area contributed by atoms with Gasteiger partial charge in [0, 0.05) is 18.1 Å². The number of hydrogen-bond acceptors (Lipinski definition) is 5. The van der Waals surface area contributed by atoms with Gasteiger partial charge in [-0.25, -0.2) is 4.98 Å². The van der Waals surface area contributed by atoms with E-state index in [0.29, 0.717) is 5.82 Å². The second-order valence-corrected chi connectivity index (χ2v) is 6.16. The van der Waals surface area contributed by atoms with E-state index in [0.717, 1.165) is 30.9 Å². The second-order valence-electron chi connectivity index (χ2n) is 5.09. The number of carbonyl (C=O) groups is 1. The summed E-state index contributed by atoms with van der Waals surface area (Å²) in [5, 5.41) is 0. The van der Waals surface area contributed by atoms with E-state index in [2.05, 4.69) is 9.97 Å². The average Bonchev–Trinajstić information content (AvgIpc) is 2.85. The van der Waals surface area contributed by atoms with E-state index in [1.165, 1.54) is 13.3 Å². The first-order chi connectivity index (χ1) is 9.70. The third-order valence-corrected chi connectivity index (χ3v) is 5.12. The number of aromatic nitrogens is 2. The third-order valence-electron chi connectivity index (χ3n) is 3.85. The van der Waals surface area contributed by atoms with Crippen molar-refractivity contribution in [2.45, 2.75) is 18.9 Å². The number of thioether (sulfide) groups is 1. The van der Waals surface area contributed by atoms with Crippen molar-refractivity contribution >= 4 is 17.7 Å². The first-order valence-electron chi connectivity index (χ1n) is 6.72. The molecule has 0 radical (unpaired) electrons. The predicted molar refractivity (Wildman–Crippen MR) is 75.9 cm³/mol. The Kier molecular flexibility index (Phi) is 3.69. The molecule has 1 atom stereocenters. The Hall–Kier alpha value is -1.50. The summed E-state index contributed by atoms with van der Waals surface area (Å²) < 4.78 is 4.91. The maximum Gasteiger partial charge on any atom is 0.293 e. The Morgan fingerprint density at radius 2 is 2.35 bits per heavy atom. The molecule has 1 unspecified atom stereocenters. The van der Waals surface area contributed by atoms with Gasteiger partial charge in [-0.1, -0.05) is 0 Å². The highest BCUT2D eigenvalue weighted by Crippen LogP contribution is 2.34. The number of nitrogens with zero attached hydrogens (tertiary/aromatic N) is 2. The van der Waals surface area contributed by atoms with Gasteiger partial charge in [0.2, 0.25) is 11.7 Å². The average molecular weight is 295 g/mol. The Morgan fingerprint density at radius 1 is 1.55 bits per heavy atom. The molecule has 0 aromatic carbocycles. The molecule has 108 valence electrons. The lowest BCUT2D eigenvalue weighted by atomic mass is 10.1. The van der Waals surface area contributed by atoms with Gasteiger partial charge >= 0.3 is 0 Å². The first-order valence-corrected chi connectivity index (χ1v) is 7.87. The van der Waals surface area contributed by atoms with Gasteiger partial charge in [-0.3, -0.25) is 9.59 Å². The highest BCUT2D eigenvalue weighted by molar-refractivity contribution is 8.00. The molecule has 2 fully saturated rings. The van der Waals surface area contributed by atoms with Gasteiger partial charge in [-0.15, -0.1) is 0 Å². The number of likely N-dealkylation sites (tertiary alicyclic amines) is 1. The summed E-state index contributed by atoms with van der Waals surface area (Å²) >= 11 is 1.80. The van der Waals surface area contributed by atoms with Crippen LogP contribution in [-0.2, 0) is 4.79 Å². The minimum atomic E-state index is -0.295. The van der Waals surface area contributed by atoms with Gasteiger partial charge in [0.1, 0.15) is 5.82 Å². The molecule has 7 heteroatoms. The lowest BCUT2D eigenvalue weighted by molar-refractivity contribution is -0.135. The van der Waals surface area contributed by atoms with Crippen molar-refractivity contribution in [2.24, 2.45) is 5.92 Å². The van der Waals surface area contributed by atoms with Gasteiger partial charge in [-0.05, 0) is 12.8 Å². The van der Waals surface area contributed by atoms with Crippen LogP contribution in [0.25, 0.3) is 0 Å². The summed E-state index contributed by atoms with van der Waals surface area (Å²) in [6.07, 6.45) is 3.22. The van der Waals surface area contributed by atoms with Crippen LogP contribution in [0.1, 0.15) is 24.7 Å². The second kappa shape index (κ2) is 5.47. The van der Waals surface area contributed by atoms with E-state index in [1.807, 2.05) is 4.90 Å². The van der Waals surface area contributed by atoms with Crippen LogP contribution in [0.5, 0.6) is 5.75 Å². The summed E-state index contributed by atoms with van der Waals surface area (Å²) in [5.74, 6) is 2.92.